The number of rotatable bonds is 6. The summed E-state index contributed by atoms with van der Waals surface area (Å²) in [6.07, 6.45) is 2.01. The molecular formula is C18H21FN2O2S. The maximum absolute atomic E-state index is 14.2. The van der Waals surface area contributed by atoms with Gasteiger partial charge in [0.1, 0.15) is 10.7 Å². The predicted octanol–water partition coefficient (Wildman–Crippen LogP) is 3.40. The van der Waals surface area contributed by atoms with Gasteiger partial charge in [0.15, 0.2) is 0 Å². The van der Waals surface area contributed by atoms with Crippen molar-refractivity contribution >= 4 is 15.7 Å². The van der Waals surface area contributed by atoms with Crippen LogP contribution in [-0.4, -0.2) is 18.8 Å². The molecule has 4 nitrogen and oxygen atoms in total. The Morgan fingerprint density at radius 1 is 1.21 bits per heavy atom. The van der Waals surface area contributed by atoms with Crippen LogP contribution in [-0.2, 0) is 16.6 Å². The molecule has 128 valence electrons. The molecule has 1 fully saturated rings. The van der Waals surface area contributed by atoms with E-state index < -0.39 is 15.8 Å². The first-order chi connectivity index (χ1) is 11.4. The molecule has 24 heavy (non-hydrogen) atoms. The van der Waals surface area contributed by atoms with Crippen molar-refractivity contribution in [2.45, 2.75) is 37.2 Å². The molecule has 0 bridgehead atoms. The van der Waals surface area contributed by atoms with Crippen molar-refractivity contribution in [3.8, 4) is 0 Å². The normalized spacial score (nSPS) is 16.3. The summed E-state index contributed by atoms with van der Waals surface area (Å²) < 4.78 is 41.8. The number of nitrogens with zero attached hydrogens (tertiary/aromatic N) is 1. The molecule has 0 heterocycles. The Bertz CT molecular complexity index is 820. The number of hydrogen-bond acceptors (Lipinski definition) is 3. The monoisotopic (exact) mass is 348 g/mol. The zero-order valence-corrected chi connectivity index (χ0v) is 14.3. The third-order valence-corrected chi connectivity index (χ3v) is 6.45. The molecule has 0 aliphatic heterocycles. The van der Waals surface area contributed by atoms with Crippen LogP contribution >= 0.6 is 0 Å². The van der Waals surface area contributed by atoms with Crippen LogP contribution in [0.15, 0.2) is 53.4 Å². The van der Waals surface area contributed by atoms with Crippen molar-refractivity contribution < 1.29 is 12.8 Å². The topological polar surface area (TPSA) is 63.4 Å². The van der Waals surface area contributed by atoms with Gasteiger partial charge in [0.05, 0.1) is 0 Å². The highest BCUT2D eigenvalue weighted by Gasteiger charge is 2.39. The van der Waals surface area contributed by atoms with E-state index in [1.54, 1.807) is 0 Å². The highest BCUT2D eigenvalue weighted by molar-refractivity contribution is 7.89. The summed E-state index contributed by atoms with van der Waals surface area (Å²) in [4.78, 5) is -0.319. The van der Waals surface area contributed by atoms with E-state index in [1.807, 2.05) is 37.3 Å². The number of anilines is 1. The highest BCUT2D eigenvalue weighted by atomic mass is 32.2. The Kier molecular flexibility index (Phi) is 4.60. The number of benzene rings is 2. The van der Waals surface area contributed by atoms with Crippen molar-refractivity contribution in [1.82, 2.24) is 4.31 Å². The number of nitrogen functional groups attached to an aromatic ring is 1. The van der Waals surface area contributed by atoms with Crippen molar-refractivity contribution in [1.29, 1.82) is 0 Å². The van der Waals surface area contributed by atoms with Gasteiger partial charge in [-0.15, -0.1) is 0 Å². The Balaban J connectivity index is 1.99. The van der Waals surface area contributed by atoms with E-state index in [9.17, 15) is 12.8 Å². The van der Waals surface area contributed by atoms with E-state index in [0.717, 1.165) is 24.5 Å². The molecule has 0 amide bonds. The van der Waals surface area contributed by atoms with Crippen LogP contribution < -0.4 is 5.73 Å². The van der Waals surface area contributed by atoms with Crippen molar-refractivity contribution in [2.24, 2.45) is 5.92 Å². The van der Waals surface area contributed by atoms with Gasteiger partial charge in [0.25, 0.3) is 0 Å². The van der Waals surface area contributed by atoms with Gasteiger partial charge in [0, 0.05) is 18.3 Å². The molecule has 2 N–H and O–H groups in total. The summed E-state index contributed by atoms with van der Waals surface area (Å²) in [5, 5.41) is 0. The van der Waals surface area contributed by atoms with Crippen LogP contribution in [0.3, 0.4) is 0 Å². The average Bonchev–Trinajstić information content (AvgIpc) is 3.37. The standard InChI is InChI=1S/C18H21FN2O2S/c1-13(15-7-8-15)21(12-14-5-3-2-4-6-14)24(22,23)18-10-9-16(20)11-17(18)19/h2-6,9-11,13,15H,7-8,12,20H2,1H3. The molecule has 3 rings (SSSR count). The minimum Gasteiger partial charge on any atom is -0.399 e. The highest BCUT2D eigenvalue weighted by Crippen LogP contribution is 2.38. The Morgan fingerprint density at radius 2 is 1.88 bits per heavy atom. The van der Waals surface area contributed by atoms with Crippen molar-refractivity contribution in [3.63, 3.8) is 0 Å². The van der Waals surface area contributed by atoms with Crippen LogP contribution in [0.4, 0.5) is 10.1 Å². The summed E-state index contributed by atoms with van der Waals surface area (Å²) in [6.45, 7) is 2.12. The number of hydrogen-bond donors (Lipinski definition) is 1. The molecule has 0 saturated heterocycles. The molecule has 1 saturated carbocycles. The lowest BCUT2D eigenvalue weighted by molar-refractivity contribution is 0.302. The van der Waals surface area contributed by atoms with E-state index in [4.69, 9.17) is 5.73 Å². The molecule has 1 aliphatic carbocycles. The molecule has 1 atom stereocenters. The fourth-order valence-electron chi connectivity index (χ4n) is 2.88. The van der Waals surface area contributed by atoms with E-state index in [1.165, 1.54) is 16.4 Å². The second-order valence-corrected chi connectivity index (χ2v) is 8.16. The number of halogens is 1. The fraction of sp³-hybridized carbons (Fsp3) is 0.333. The average molecular weight is 348 g/mol. The zero-order chi connectivity index (χ0) is 17.3. The summed E-state index contributed by atoms with van der Waals surface area (Å²) in [5.41, 5.74) is 6.62. The van der Waals surface area contributed by atoms with Crippen molar-refractivity contribution in [2.75, 3.05) is 5.73 Å². The van der Waals surface area contributed by atoms with E-state index in [2.05, 4.69) is 0 Å². The Labute approximate surface area is 142 Å². The van der Waals surface area contributed by atoms with Gasteiger partial charge in [0.2, 0.25) is 10.0 Å². The van der Waals surface area contributed by atoms with Crippen molar-refractivity contribution in [3.05, 3.63) is 59.9 Å². The number of sulfonamides is 1. The van der Waals surface area contributed by atoms with Crippen LogP contribution in [0.25, 0.3) is 0 Å². The molecular weight excluding hydrogens is 327 g/mol. The quantitative estimate of drug-likeness (QED) is 0.814. The maximum atomic E-state index is 14.2. The second kappa shape index (κ2) is 6.53. The summed E-state index contributed by atoms with van der Waals surface area (Å²) in [6, 6.07) is 12.9. The minimum absolute atomic E-state index is 0.174. The maximum Gasteiger partial charge on any atom is 0.246 e. The molecule has 2 aromatic rings. The molecule has 1 unspecified atom stereocenters. The van der Waals surface area contributed by atoms with Gasteiger partial charge < -0.3 is 5.73 Å². The predicted molar refractivity (Wildman–Crippen MR) is 92.2 cm³/mol. The Hall–Kier alpha value is -1.92. The SMILES string of the molecule is CC(C1CC1)N(Cc1ccccc1)S(=O)(=O)c1ccc(N)cc1F. The first kappa shape index (κ1) is 16.9. The first-order valence-corrected chi connectivity index (χ1v) is 9.44. The third kappa shape index (κ3) is 3.44. The van der Waals surface area contributed by atoms with Gasteiger partial charge >= 0.3 is 0 Å². The fourth-order valence-corrected chi connectivity index (χ4v) is 4.60. The zero-order valence-electron chi connectivity index (χ0n) is 13.5. The lowest BCUT2D eigenvalue weighted by Gasteiger charge is -2.29. The van der Waals surface area contributed by atoms with E-state index in [0.29, 0.717) is 5.92 Å². The van der Waals surface area contributed by atoms with Gasteiger partial charge in [-0.2, -0.15) is 4.31 Å². The smallest absolute Gasteiger partial charge is 0.246 e. The summed E-state index contributed by atoms with van der Waals surface area (Å²) in [5.74, 6) is -0.476. The molecule has 1 aliphatic rings. The number of nitrogens with two attached hydrogens (primary N) is 1. The van der Waals surface area contributed by atoms with Crippen LogP contribution in [0, 0.1) is 11.7 Å². The molecule has 0 radical (unpaired) electrons. The van der Waals surface area contributed by atoms with Gasteiger partial charge in [-0.1, -0.05) is 30.3 Å². The second-order valence-electron chi connectivity index (χ2n) is 6.30. The molecule has 0 aromatic heterocycles. The molecule has 6 heteroatoms. The Morgan fingerprint density at radius 3 is 2.46 bits per heavy atom. The van der Waals surface area contributed by atoms with Crippen LogP contribution in [0.2, 0.25) is 0 Å². The van der Waals surface area contributed by atoms with E-state index >= 15 is 0 Å². The van der Waals surface area contributed by atoms with Crippen LogP contribution in [0.5, 0.6) is 0 Å². The van der Waals surface area contributed by atoms with Crippen LogP contribution in [0.1, 0.15) is 25.3 Å². The van der Waals surface area contributed by atoms with Gasteiger partial charge in [-0.05, 0) is 49.4 Å². The molecule has 0 spiro atoms. The summed E-state index contributed by atoms with van der Waals surface area (Å²) >= 11 is 0. The van der Waals surface area contributed by atoms with Gasteiger partial charge in [-0.3, -0.25) is 0 Å². The molecule has 2 aromatic carbocycles. The van der Waals surface area contributed by atoms with E-state index in [-0.39, 0.29) is 23.2 Å². The largest absolute Gasteiger partial charge is 0.399 e. The first-order valence-electron chi connectivity index (χ1n) is 8.00. The minimum atomic E-state index is -3.95. The third-order valence-electron chi connectivity index (χ3n) is 4.48. The lowest BCUT2D eigenvalue weighted by atomic mass is 10.2. The summed E-state index contributed by atoms with van der Waals surface area (Å²) in [7, 11) is -3.95. The van der Waals surface area contributed by atoms with Gasteiger partial charge in [-0.25, -0.2) is 12.8 Å². The lowest BCUT2D eigenvalue weighted by Crippen LogP contribution is -2.39.